The first-order valence-electron chi connectivity index (χ1n) is 10.1. The molecule has 0 bridgehead atoms. The second kappa shape index (κ2) is 9.06. The van der Waals surface area contributed by atoms with Gasteiger partial charge in [0.05, 0.1) is 5.92 Å². The number of carbonyl (C=O) groups is 2. The summed E-state index contributed by atoms with van der Waals surface area (Å²) in [6.07, 6.45) is 7.03. The van der Waals surface area contributed by atoms with Crippen molar-refractivity contribution in [1.29, 1.82) is 0 Å². The van der Waals surface area contributed by atoms with Crippen LogP contribution in [0, 0.1) is 5.92 Å². The first kappa shape index (κ1) is 18.7. The fourth-order valence-electron chi connectivity index (χ4n) is 3.94. The molecule has 0 aliphatic carbocycles. The van der Waals surface area contributed by atoms with E-state index in [1.807, 2.05) is 24.0 Å². The lowest BCUT2D eigenvalue weighted by Crippen LogP contribution is -2.43. The van der Waals surface area contributed by atoms with Crippen LogP contribution in [-0.4, -0.2) is 42.9 Å². The minimum atomic E-state index is -0.105. The van der Waals surface area contributed by atoms with Crippen molar-refractivity contribution in [3.8, 4) is 0 Å². The van der Waals surface area contributed by atoms with Gasteiger partial charge in [0.2, 0.25) is 11.8 Å². The van der Waals surface area contributed by atoms with Crippen molar-refractivity contribution in [2.45, 2.75) is 51.9 Å². The SMILES string of the molecule is CCCC(=O)N1CCCC(C(=O)Nc2ccc(N3CCCCC3)cc2)C1. The Kier molecular flexibility index (Phi) is 6.53. The van der Waals surface area contributed by atoms with Crippen LogP contribution in [-0.2, 0) is 9.59 Å². The highest BCUT2D eigenvalue weighted by atomic mass is 16.2. The van der Waals surface area contributed by atoms with Crippen LogP contribution >= 0.6 is 0 Å². The van der Waals surface area contributed by atoms with Crippen molar-refractivity contribution in [1.82, 2.24) is 4.90 Å². The summed E-state index contributed by atoms with van der Waals surface area (Å²) < 4.78 is 0. The lowest BCUT2D eigenvalue weighted by molar-refractivity contribution is -0.134. The van der Waals surface area contributed by atoms with E-state index in [0.717, 1.165) is 44.6 Å². The van der Waals surface area contributed by atoms with Crippen molar-refractivity contribution in [2.24, 2.45) is 5.92 Å². The Morgan fingerprint density at radius 3 is 2.46 bits per heavy atom. The molecule has 2 heterocycles. The van der Waals surface area contributed by atoms with Crippen molar-refractivity contribution < 1.29 is 9.59 Å². The smallest absolute Gasteiger partial charge is 0.229 e. The molecule has 0 aromatic heterocycles. The molecule has 5 heteroatoms. The van der Waals surface area contributed by atoms with E-state index in [0.29, 0.717) is 13.0 Å². The molecule has 0 radical (unpaired) electrons. The summed E-state index contributed by atoms with van der Waals surface area (Å²) in [6.45, 7) is 5.59. The number of piperidine rings is 2. The molecule has 2 saturated heterocycles. The standard InChI is InChI=1S/C21H31N3O2/c1-2-7-20(25)24-15-6-8-17(16-24)21(26)22-18-9-11-19(12-10-18)23-13-4-3-5-14-23/h9-12,17H,2-8,13-16H2,1H3,(H,22,26). The minimum Gasteiger partial charge on any atom is -0.372 e. The summed E-state index contributed by atoms with van der Waals surface area (Å²) in [6, 6.07) is 8.17. The number of hydrogen-bond acceptors (Lipinski definition) is 3. The highest BCUT2D eigenvalue weighted by Crippen LogP contribution is 2.23. The molecule has 0 saturated carbocycles. The van der Waals surface area contributed by atoms with Crippen LogP contribution in [0.25, 0.3) is 0 Å². The fourth-order valence-corrected chi connectivity index (χ4v) is 3.94. The number of rotatable bonds is 5. The molecule has 2 aliphatic rings. The fraction of sp³-hybridized carbons (Fsp3) is 0.619. The van der Waals surface area contributed by atoms with Crippen LogP contribution in [0.15, 0.2) is 24.3 Å². The predicted octanol–water partition coefficient (Wildman–Crippen LogP) is 3.65. The van der Waals surface area contributed by atoms with Gasteiger partial charge in [0.15, 0.2) is 0 Å². The molecule has 1 unspecified atom stereocenters. The van der Waals surface area contributed by atoms with Crippen LogP contribution in [0.4, 0.5) is 11.4 Å². The van der Waals surface area contributed by atoms with E-state index in [1.165, 1.54) is 24.9 Å². The van der Waals surface area contributed by atoms with Gasteiger partial charge in [-0.25, -0.2) is 0 Å². The first-order chi connectivity index (χ1) is 12.7. The van der Waals surface area contributed by atoms with Gasteiger partial charge >= 0.3 is 0 Å². The zero-order chi connectivity index (χ0) is 18.4. The van der Waals surface area contributed by atoms with Gasteiger partial charge in [-0.05, 0) is 62.8 Å². The molecule has 2 amide bonds. The van der Waals surface area contributed by atoms with Crippen molar-refractivity contribution >= 4 is 23.2 Å². The summed E-state index contributed by atoms with van der Waals surface area (Å²) in [5.74, 6) is 0.104. The number of benzene rings is 1. The third kappa shape index (κ3) is 4.77. The number of amides is 2. The largest absolute Gasteiger partial charge is 0.372 e. The van der Waals surface area contributed by atoms with E-state index in [1.54, 1.807) is 0 Å². The van der Waals surface area contributed by atoms with Crippen LogP contribution < -0.4 is 10.2 Å². The second-order valence-electron chi connectivity index (χ2n) is 7.51. The number of anilines is 2. The molecule has 1 atom stereocenters. The van der Waals surface area contributed by atoms with Gasteiger partial charge in [-0.2, -0.15) is 0 Å². The average molecular weight is 357 g/mol. The number of likely N-dealkylation sites (tertiary alicyclic amines) is 1. The molecule has 2 aliphatic heterocycles. The lowest BCUT2D eigenvalue weighted by atomic mass is 9.96. The Bertz CT molecular complexity index is 608. The number of hydrogen-bond donors (Lipinski definition) is 1. The van der Waals surface area contributed by atoms with Crippen LogP contribution in [0.5, 0.6) is 0 Å². The molecule has 1 aromatic rings. The Morgan fingerprint density at radius 1 is 1.04 bits per heavy atom. The Hall–Kier alpha value is -2.04. The zero-order valence-corrected chi connectivity index (χ0v) is 15.9. The summed E-state index contributed by atoms with van der Waals surface area (Å²) in [5, 5.41) is 3.04. The van der Waals surface area contributed by atoms with Crippen molar-refractivity contribution in [3.63, 3.8) is 0 Å². The molecular formula is C21H31N3O2. The molecule has 0 spiro atoms. The third-order valence-electron chi connectivity index (χ3n) is 5.46. The number of nitrogens with one attached hydrogen (secondary N) is 1. The van der Waals surface area contributed by atoms with E-state index >= 15 is 0 Å². The van der Waals surface area contributed by atoms with Crippen LogP contribution in [0.2, 0.25) is 0 Å². The van der Waals surface area contributed by atoms with E-state index in [2.05, 4.69) is 22.3 Å². The van der Waals surface area contributed by atoms with E-state index < -0.39 is 0 Å². The summed E-state index contributed by atoms with van der Waals surface area (Å²) >= 11 is 0. The monoisotopic (exact) mass is 357 g/mol. The molecule has 26 heavy (non-hydrogen) atoms. The predicted molar refractivity (Wildman–Crippen MR) is 105 cm³/mol. The molecule has 5 nitrogen and oxygen atoms in total. The molecule has 1 aromatic carbocycles. The average Bonchev–Trinajstić information content (AvgIpc) is 2.69. The Labute approximate surface area is 156 Å². The second-order valence-corrected chi connectivity index (χ2v) is 7.51. The number of carbonyl (C=O) groups excluding carboxylic acids is 2. The minimum absolute atomic E-state index is 0.0321. The third-order valence-corrected chi connectivity index (χ3v) is 5.46. The van der Waals surface area contributed by atoms with E-state index in [4.69, 9.17) is 0 Å². The van der Waals surface area contributed by atoms with Gasteiger partial charge in [-0.15, -0.1) is 0 Å². The van der Waals surface area contributed by atoms with E-state index in [-0.39, 0.29) is 17.7 Å². The first-order valence-corrected chi connectivity index (χ1v) is 10.1. The Balaban J connectivity index is 1.54. The van der Waals surface area contributed by atoms with Gasteiger partial charge in [0, 0.05) is 44.0 Å². The van der Waals surface area contributed by atoms with E-state index in [9.17, 15) is 9.59 Å². The molecule has 3 rings (SSSR count). The van der Waals surface area contributed by atoms with Gasteiger partial charge < -0.3 is 15.1 Å². The topological polar surface area (TPSA) is 52.7 Å². The lowest BCUT2D eigenvalue weighted by Gasteiger charge is -2.32. The summed E-state index contributed by atoms with van der Waals surface area (Å²) in [4.78, 5) is 29.0. The molecule has 142 valence electrons. The van der Waals surface area contributed by atoms with Gasteiger partial charge in [-0.1, -0.05) is 6.92 Å². The molecule has 2 fully saturated rings. The van der Waals surface area contributed by atoms with Gasteiger partial charge in [0.1, 0.15) is 0 Å². The van der Waals surface area contributed by atoms with Crippen LogP contribution in [0.1, 0.15) is 51.9 Å². The maximum absolute atomic E-state index is 12.6. The quantitative estimate of drug-likeness (QED) is 0.875. The Morgan fingerprint density at radius 2 is 1.77 bits per heavy atom. The highest BCUT2D eigenvalue weighted by molar-refractivity contribution is 5.93. The van der Waals surface area contributed by atoms with Crippen LogP contribution in [0.3, 0.4) is 0 Å². The molecule has 1 N–H and O–H groups in total. The van der Waals surface area contributed by atoms with Gasteiger partial charge in [-0.3, -0.25) is 9.59 Å². The normalized spacial score (nSPS) is 20.7. The maximum atomic E-state index is 12.6. The van der Waals surface area contributed by atoms with Crippen molar-refractivity contribution in [3.05, 3.63) is 24.3 Å². The summed E-state index contributed by atoms with van der Waals surface area (Å²) in [7, 11) is 0. The highest BCUT2D eigenvalue weighted by Gasteiger charge is 2.28. The zero-order valence-electron chi connectivity index (χ0n) is 15.9. The van der Waals surface area contributed by atoms with Gasteiger partial charge in [0.25, 0.3) is 0 Å². The summed E-state index contributed by atoms with van der Waals surface area (Å²) in [5.41, 5.74) is 2.07. The number of nitrogens with zero attached hydrogens (tertiary/aromatic N) is 2. The molecular weight excluding hydrogens is 326 g/mol. The maximum Gasteiger partial charge on any atom is 0.229 e. The van der Waals surface area contributed by atoms with Crippen molar-refractivity contribution in [2.75, 3.05) is 36.4 Å².